The van der Waals surface area contributed by atoms with Gasteiger partial charge in [-0.3, -0.25) is 4.79 Å². The van der Waals surface area contributed by atoms with E-state index < -0.39 is 5.41 Å². The molecular weight excluding hydrogens is 348 g/mol. The Hall–Kier alpha value is -1.10. The number of nitrogens with two attached hydrogens (primary N) is 1. The third-order valence-corrected chi connectivity index (χ3v) is 6.16. The monoisotopic (exact) mass is 378 g/mol. The first-order valence-electron chi connectivity index (χ1n) is 10.0. The van der Waals surface area contributed by atoms with Gasteiger partial charge in [0.2, 0.25) is 5.91 Å². The highest BCUT2D eigenvalue weighted by Gasteiger charge is 2.44. The van der Waals surface area contributed by atoms with Crippen LogP contribution in [0.5, 0.6) is 0 Å². The standard InChI is InChI=1S/C21H31ClN2O2/c22-18-7-4-6-17(16-18)21(10-2-1-3-11-21)20(25)24-13-8-19(9-14-24)26-15-5-12-23/h4,6-7,16,19H,1-3,5,8-15,23H2. The maximum Gasteiger partial charge on any atom is 0.233 e. The number of carbonyl (C=O) groups is 1. The van der Waals surface area contributed by atoms with Gasteiger partial charge in [-0.05, 0) is 56.3 Å². The van der Waals surface area contributed by atoms with Gasteiger partial charge in [0.05, 0.1) is 11.5 Å². The average molecular weight is 379 g/mol. The zero-order valence-electron chi connectivity index (χ0n) is 15.6. The van der Waals surface area contributed by atoms with Gasteiger partial charge in [0.15, 0.2) is 0 Å². The van der Waals surface area contributed by atoms with E-state index in [1.165, 1.54) is 6.42 Å². The number of likely N-dealkylation sites (tertiary alicyclic amines) is 1. The van der Waals surface area contributed by atoms with Crippen LogP contribution in [0.25, 0.3) is 0 Å². The number of hydrogen-bond donors (Lipinski definition) is 1. The molecule has 1 saturated heterocycles. The van der Waals surface area contributed by atoms with Gasteiger partial charge in [-0.15, -0.1) is 0 Å². The number of carbonyl (C=O) groups excluding carboxylic acids is 1. The molecule has 26 heavy (non-hydrogen) atoms. The van der Waals surface area contributed by atoms with Crippen LogP contribution in [0.3, 0.4) is 0 Å². The molecule has 1 aliphatic carbocycles. The Morgan fingerprint density at radius 1 is 1.23 bits per heavy atom. The Bertz CT molecular complexity index is 593. The zero-order valence-corrected chi connectivity index (χ0v) is 16.3. The van der Waals surface area contributed by atoms with Crippen LogP contribution in [-0.4, -0.2) is 43.2 Å². The number of ether oxygens (including phenoxy) is 1. The first kappa shape index (κ1) is 19.7. The average Bonchev–Trinajstić information content (AvgIpc) is 2.69. The van der Waals surface area contributed by atoms with E-state index in [1.54, 1.807) is 0 Å². The third-order valence-electron chi connectivity index (χ3n) is 5.92. The van der Waals surface area contributed by atoms with E-state index in [2.05, 4.69) is 11.0 Å². The molecule has 144 valence electrons. The summed E-state index contributed by atoms with van der Waals surface area (Å²) in [6.45, 7) is 2.96. The van der Waals surface area contributed by atoms with Crippen molar-refractivity contribution in [1.29, 1.82) is 0 Å². The summed E-state index contributed by atoms with van der Waals surface area (Å²) >= 11 is 6.25. The van der Waals surface area contributed by atoms with Crippen LogP contribution in [0.1, 0.15) is 56.9 Å². The Kier molecular flexibility index (Phi) is 6.96. The first-order chi connectivity index (χ1) is 12.7. The maximum absolute atomic E-state index is 13.6. The van der Waals surface area contributed by atoms with Gasteiger partial charge in [0.1, 0.15) is 0 Å². The molecule has 2 fully saturated rings. The fourth-order valence-corrected chi connectivity index (χ4v) is 4.62. The molecule has 0 radical (unpaired) electrons. The molecule has 5 heteroatoms. The molecule has 1 aliphatic heterocycles. The van der Waals surface area contributed by atoms with Crippen LogP contribution in [0, 0.1) is 0 Å². The second-order valence-corrected chi connectivity index (χ2v) is 8.09. The topological polar surface area (TPSA) is 55.6 Å². The highest BCUT2D eigenvalue weighted by molar-refractivity contribution is 6.30. The van der Waals surface area contributed by atoms with E-state index in [9.17, 15) is 4.79 Å². The number of amides is 1. The maximum atomic E-state index is 13.6. The second-order valence-electron chi connectivity index (χ2n) is 7.66. The van der Waals surface area contributed by atoms with Crippen molar-refractivity contribution in [2.24, 2.45) is 5.73 Å². The van der Waals surface area contributed by atoms with E-state index >= 15 is 0 Å². The molecule has 1 amide bonds. The minimum Gasteiger partial charge on any atom is -0.378 e. The van der Waals surface area contributed by atoms with E-state index in [0.29, 0.717) is 17.5 Å². The van der Waals surface area contributed by atoms with Gasteiger partial charge in [0, 0.05) is 24.7 Å². The van der Waals surface area contributed by atoms with Crippen molar-refractivity contribution in [3.05, 3.63) is 34.9 Å². The van der Waals surface area contributed by atoms with Crippen molar-refractivity contribution < 1.29 is 9.53 Å². The van der Waals surface area contributed by atoms with Gasteiger partial charge in [-0.25, -0.2) is 0 Å². The smallest absolute Gasteiger partial charge is 0.233 e. The summed E-state index contributed by atoms with van der Waals surface area (Å²) in [6.07, 6.45) is 8.29. The van der Waals surface area contributed by atoms with Crippen LogP contribution < -0.4 is 5.73 Å². The Labute approximate surface area is 162 Å². The highest BCUT2D eigenvalue weighted by Crippen LogP contribution is 2.42. The van der Waals surface area contributed by atoms with Crippen LogP contribution >= 0.6 is 11.6 Å². The SMILES string of the molecule is NCCCOC1CCN(C(=O)C2(c3cccc(Cl)c3)CCCCC2)CC1. The molecule has 1 aromatic carbocycles. The van der Waals surface area contributed by atoms with Crippen molar-refractivity contribution >= 4 is 17.5 Å². The molecule has 0 spiro atoms. The zero-order chi connectivity index (χ0) is 18.4. The van der Waals surface area contributed by atoms with Crippen molar-refractivity contribution in [2.75, 3.05) is 26.2 Å². The summed E-state index contributed by atoms with van der Waals surface area (Å²) < 4.78 is 5.89. The van der Waals surface area contributed by atoms with Crippen molar-refractivity contribution in [3.63, 3.8) is 0 Å². The summed E-state index contributed by atoms with van der Waals surface area (Å²) in [4.78, 5) is 15.6. The summed E-state index contributed by atoms with van der Waals surface area (Å²) in [5, 5.41) is 0.715. The minimum atomic E-state index is -0.392. The molecule has 4 nitrogen and oxygen atoms in total. The molecular formula is C21H31ClN2O2. The lowest BCUT2D eigenvalue weighted by Crippen LogP contribution is -2.51. The molecule has 2 N–H and O–H groups in total. The van der Waals surface area contributed by atoms with Crippen LogP contribution in [0.4, 0.5) is 0 Å². The molecule has 0 atom stereocenters. The molecule has 1 heterocycles. The number of hydrogen-bond acceptors (Lipinski definition) is 3. The highest BCUT2D eigenvalue weighted by atomic mass is 35.5. The van der Waals surface area contributed by atoms with Gasteiger partial charge < -0.3 is 15.4 Å². The number of nitrogens with zero attached hydrogens (tertiary/aromatic N) is 1. The Morgan fingerprint density at radius 2 is 1.96 bits per heavy atom. The molecule has 1 saturated carbocycles. The van der Waals surface area contributed by atoms with E-state index in [4.69, 9.17) is 22.1 Å². The number of halogens is 1. The number of rotatable bonds is 6. The largest absolute Gasteiger partial charge is 0.378 e. The lowest BCUT2D eigenvalue weighted by atomic mass is 9.68. The van der Waals surface area contributed by atoms with E-state index in [0.717, 1.165) is 70.2 Å². The summed E-state index contributed by atoms with van der Waals surface area (Å²) in [5.74, 6) is 0.292. The fourth-order valence-electron chi connectivity index (χ4n) is 4.43. The molecule has 2 aliphatic rings. The van der Waals surface area contributed by atoms with E-state index in [1.807, 2.05) is 18.2 Å². The fraction of sp³-hybridized carbons (Fsp3) is 0.667. The lowest BCUT2D eigenvalue weighted by molar-refractivity contribution is -0.141. The first-order valence-corrected chi connectivity index (χ1v) is 10.4. The van der Waals surface area contributed by atoms with Gasteiger partial charge in [-0.1, -0.05) is 43.0 Å². The van der Waals surface area contributed by atoms with Crippen molar-refractivity contribution in [2.45, 2.75) is 62.9 Å². The predicted molar refractivity (Wildman–Crippen MR) is 105 cm³/mol. The normalized spacial score (nSPS) is 20.9. The third kappa shape index (κ3) is 4.41. The summed E-state index contributed by atoms with van der Waals surface area (Å²) in [6, 6.07) is 7.93. The molecule has 0 unspecified atom stereocenters. The molecule has 1 aromatic rings. The second kappa shape index (κ2) is 9.20. The quantitative estimate of drug-likeness (QED) is 0.764. The Morgan fingerprint density at radius 3 is 2.62 bits per heavy atom. The van der Waals surface area contributed by atoms with Crippen LogP contribution in [0.15, 0.2) is 24.3 Å². The van der Waals surface area contributed by atoms with E-state index in [-0.39, 0.29) is 6.10 Å². The summed E-state index contributed by atoms with van der Waals surface area (Å²) in [7, 11) is 0. The number of benzene rings is 1. The van der Waals surface area contributed by atoms with Crippen LogP contribution in [-0.2, 0) is 14.9 Å². The van der Waals surface area contributed by atoms with Gasteiger partial charge in [-0.2, -0.15) is 0 Å². The summed E-state index contributed by atoms with van der Waals surface area (Å²) in [5.41, 5.74) is 6.23. The van der Waals surface area contributed by atoms with Crippen molar-refractivity contribution in [1.82, 2.24) is 4.90 Å². The predicted octanol–water partition coefficient (Wildman–Crippen LogP) is 3.90. The Balaban J connectivity index is 1.69. The molecule has 0 bridgehead atoms. The van der Waals surface area contributed by atoms with Gasteiger partial charge >= 0.3 is 0 Å². The van der Waals surface area contributed by atoms with Crippen molar-refractivity contribution in [3.8, 4) is 0 Å². The minimum absolute atomic E-state index is 0.263. The van der Waals surface area contributed by atoms with Gasteiger partial charge in [0.25, 0.3) is 0 Å². The van der Waals surface area contributed by atoms with Crippen LogP contribution in [0.2, 0.25) is 5.02 Å². The molecule has 3 rings (SSSR count). The lowest BCUT2D eigenvalue weighted by Gasteiger charge is -2.42. The molecule has 0 aromatic heterocycles. The number of piperidine rings is 1.